The van der Waals surface area contributed by atoms with Crippen molar-refractivity contribution in [3.63, 3.8) is 0 Å². The van der Waals surface area contributed by atoms with Crippen LogP contribution < -0.4 is 60.3 Å². The number of benzene rings is 15. The van der Waals surface area contributed by atoms with Gasteiger partial charge >= 0.3 is 359 Å². The maximum atomic E-state index is 16.2. The van der Waals surface area contributed by atoms with Crippen LogP contribution in [-0.4, -0.2) is 133 Å². The Morgan fingerprint density at radius 2 is 0.722 bits per heavy atom. The number of amides is 7. The second kappa shape index (κ2) is 24.6. The van der Waals surface area contributed by atoms with E-state index in [1.54, 1.807) is 24.3 Å². The van der Waals surface area contributed by atoms with Gasteiger partial charge in [-0.25, -0.2) is 0 Å². The normalized spacial score (nSPS) is 16.8. The SMILES string of the molecule is O=C(CCC(CCC(=O)NCCNC(=O)c1ccc([Se])cc1)(CCC(=O)NCCNC(=O)c1ccc([Se]c2ccccc2)cc1)NC(=O)c1ccc2c(c1)C1c3ccccc3C2C23c4ccc5c6ccc7c8ccc9c%10ccc%11c(c%12c2c2c4c5c4c6c7c5c8c9c6c%10c%11c%12c7c2c4c5c67)=CC13)NCCNC(=O)c1ccc([Se])cc1. The van der Waals surface area contributed by atoms with E-state index in [-0.39, 0.29) is 146 Å². The average molecular weight is 1690 g/mol. The van der Waals surface area contributed by atoms with Crippen LogP contribution in [0.4, 0.5) is 0 Å². The fraction of sp³-hybridized carbons (Fsp3) is 0.173. The fourth-order valence-electron chi connectivity index (χ4n) is 22.7. The first-order valence-electron chi connectivity index (χ1n) is 39.8. The fourth-order valence-corrected chi connectivity index (χ4v) is 25.0. The van der Waals surface area contributed by atoms with Crippen molar-refractivity contribution in [3.8, 4) is 0 Å². The molecule has 0 saturated heterocycles. The standard InChI is InChI=1S/C98H67N7O7Se3/c106-68(99-38-41-102-93(109)46-10-17-50(113)18-11-46)32-35-97(36-33-69(107)100-39-42-103-94(110)47-12-19-51(114)20-13-47,37-34-70(108)101-40-43-104-95(111)48-14-21-53(22-15-48)115-52-6-2-1-3-7-52)105-96(112)49-16-23-63-64(44-49)71-54-8-4-5-9-62(54)91(63)98-66-31-30-60-59-27-26-56-55-24-25-57-58-28-29-61-65(45-67(71)98)79-84-77(61)76(58)82-73(57)72(55)81-74(56)75(59)83-78(60)80(66)90(92(79)98)89-87(83)85(81)86(82)88(84)89/h1-31,44-45,67,71,91H,32-43H2,(H,99,106)(H,100,107)(H,101,108)(H,102,109)(H,103,110)(H,104,111)(H,105,112). The molecule has 7 amide bonds. The molecule has 14 nitrogen and oxygen atoms in total. The molecule has 2 bridgehead atoms. The number of carbonyl (C=O) groups excluding carboxylic acids is 7. The van der Waals surface area contributed by atoms with Crippen molar-refractivity contribution in [2.45, 2.75) is 61.3 Å². The van der Waals surface area contributed by atoms with Crippen LogP contribution in [0.1, 0.15) is 125 Å². The van der Waals surface area contributed by atoms with Gasteiger partial charge in [0.15, 0.2) is 0 Å². The molecule has 5 aliphatic rings. The van der Waals surface area contributed by atoms with Gasteiger partial charge in [0, 0.05) is 34.3 Å². The van der Waals surface area contributed by atoms with Gasteiger partial charge in [0.2, 0.25) is 0 Å². The van der Waals surface area contributed by atoms with Gasteiger partial charge in [0.05, 0.1) is 0 Å². The van der Waals surface area contributed by atoms with Crippen molar-refractivity contribution < 1.29 is 33.6 Å². The molecule has 0 aromatic heterocycles. The zero-order valence-electron chi connectivity index (χ0n) is 61.9. The quantitative estimate of drug-likeness (QED) is 0.0167. The van der Waals surface area contributed by atoms with E-state index >= 15 is 4.79 Å². The van der Waals surface area contributed by atoms with Gasteiger partial charge in [-0.1, -0.05) is 84.9 Å². The summed E-state index contributed by atoms with van der Waals surface area (Å²) in [5, 5.41) is 59.0. The van der Waals surface area contributed by atoms with E-state index in [4.69, 9.17) is 0 Å². The number of fused-ring (bicyclic) bond motifs is 4. The van der Waals surface area contributed by atoms with E-state index in [0.717, 1.165) is 18.9 Å². The monoisotopic (exact) mass is 1690 g/mol. The molecule has 0 fully saturated rings. The van der Waals surface area contributed by atoms with Crippen LogP contribution >= 0.6 is 0 Å². The molecule has 0 heterocycles. The zero-order valence-corrected chi connectivity index (χ0v) is 67.0. The van der Waals surface area contributed by atoms with Crippen molar-refractivity contribution in [1.82, 2.24) is 37.2 Å². The Morgan fingerprint density at radius 3 is 1.23 bits per heavy atom. The predicted molar refractivity (Wildman–Crippen MR) is 462 cm³/mol. The summed E-state index contributed by atoms with van der Waals surface area (Å²) in [7, 11) is 0. The molecular formula is C98H67N7O7Se3. The Morgan fingerprint density at radius 1 is 0.339 bits per heavy atom. The molecule has 4 unspecified atom stereocenters. The average Bonchev–Trinajstić information content (AvgIpc) is 1.43. The molecule has 4 atom stereocenters. The number of rotatable bonds is 25. The van der Waals surface area contributed by atoms with E-state index in [9.17, 15) is 28.8 Å². The molecule has 1 spiro atoms. The van der Waals surface area contributed by atoms with Crippen LogP contribution in [0.25, 0.3) is 146 Å². The van der Waals surface area contributed by atoms with Crippen LogP contribution in [-0.2, 0) is 19.8 Å². The van der Waals surface area contributed by atoms with Crippen molar-refractivity contribution in [2.24, 2.45) is 5.92 Å². The third-order valence-corrected chi connectivity index (χ3v) is 30.4. The summed E-state index contributed by atoms with van der Waals surface area (Å²) in [4.78, 5) is 99.0. The molecule has 20 aromatic rings. The second-order valence-corrected chi connectivity index (χ2v) is 36.9. The van der Waals surface area contributed by atoms with Gasteiger partial charge in [0.1, 0.15) is 0 Å². The molecule has 2 radical (unpaired) electrons. The molecule has 554 valence electrons. The van der Waals surface area contributed by atoms with Crippen LogP contribution in [0.2, 0.25) is 0 Å². The molecular weight excluding hydrogens is 1620 g/mol. The molecule has 0 saturated carbocycles. The number of hydrogen-bond donors (Lipinski definition) is 7. The number of nitrogens with one attached hydrogen (secondary N) is 7. The van der Waals surface area contributed by atoms with E-state index in [1.807, 2.05) is 72.8 Å². The minimum absolute atomic E-state index is 0.0304. The molecule has 25 rings (SSSR count). The summed E-state index contributed by atoms with van der Waals surface area (Å²) in [6.45, 7) is 0.784. The van der Waals surface area contributed by atoms with Gasteiger partial charge in [-0.05, 0) is 191 Å². The zero-order chi connectivity index (χ0) is 76.9. The summed E-state index contributed by atoms with van der Waals surface area (Å²) in [5.74, 6) is -2.76. The third-order valence-electron chi connectivity index (χ3n) is 27.1. The third kappa shape index (κ3) is 9.19. The summed E-state index contributed by atoms with van der Waals surface area (Å²) in [6.07, 6.45) is 2.46. The van der Waals surface area contributed by atoms with Crippen LogP contribution in [0.3, 0.4) is 0 Å². The number of carbonyl (C=O) groups is 7. The first kappa shape index (κ1) is 67.7. The Balaban J connectivity index is 0.591. The molecule has 5 aliphatic carbocycles. The van der Waals surface area contributed by atoms with Gasteiger partial charge in [0.25, 0.3) is 5.91 Å². The van der Waals surface area contributed by atoms with Crippen molar-refractivity contribution >= 4 is 252 Å². The summed E-state index contributed by atoms with van der Waals surface area (Å²) >= 11 is 5.96. The van der Waals surface area contributed by atoms with E-state index in [1.165, 1.54) is 178 Å². The van der Waals surface area contributed by atoms with Crippen LogP contribution in [0.5, 0.6) is 0 Å². The van der Waals surface area contributed by atoms with Gasteiger partial charge in [-0.15, -0.1) is 0 Å². The van der Waals surface area contributed by atoms with E-state index in [2.05, 4.69) is 172 Å². The Labute approximate surface area is 679 Å². The minimum atomic E-state index is -1.35. The topological polar surface area (TPSA) is 204 Å². The predicted octanol–water partition coefficient (Wildman–Crippen LogP) is 11.8. The Bertz CT molecular complexity index is 7480. The van der Waals surface area contributed by atoms with Crippen molar-refractivity contribution in [3.05, 3.63) is 255 Å². The maximum absolute atomic E-state index is 16.2. The molecule has 7 N–H and O–H groups in total. The molecule has 20 aromatic carbocycles. The summed E-state index contributed by atoms with van der Waals surface area (Å²) < 4.78 is 4.16. The Kier molecular flexibility index (Phi) is 14.5. The number of hydrogen-bond acceptors (Lipinski definition) is 7. The first-order chi connectivity index (χ1) is 56.2. The second-order valence-electron chi connectivity index (χ2n) is 32.5. The molecule has 0 aliphatic heterocycles. The summed E-state index contributed by atoms with van der Waals surface area (Å²) in [5.41, 5.74) is 7.69. The van der Waals surface area contributed by atoms with Crippen molar-refractivity contribution in [1.29, 1.82) is 0 Å². The van der Waals surface area contributed by atoms with Gasteiger partial charge < -0.3 is 5.32 Å². The van der Waals surface area contributed by atoms with E-state index < -0.39 is 16.9 Å². The molecule has 17 heteroatoms. The van der Waals surface area contributed by atoms with E-state index in [0.29, 0.717) is 22.3 Å². The van der Waals surface area contributed by atoms with Crippen molar-refractivity contribution in [2.75, 3.05) is 39.3 Å². The first-order valence-corrected chi connectivity index (χ1v) is 43.2. The van der Waals surface area contributed by atoms with Gasteiger partial charge in [-0.3, -0.25) is 4.79 Å². The summed E-state index contributed by atoms with van der Waals surface area (Å²) in [6, 6.07) is 67.0. The Hall–Kier alpha value is -11.8. The van der Waals surface area contributed by atoms with Gasteiger partial charge in [-0.2, -0.15) is 0 Å². The van der Waals surface area contributed by atoms with Crippen LogP contribution in [0.15, 0.2) is 194 Å². The molecule has 115 heavy (non-hydrogen) atoms. The van der Waals surface area contributed by atoms with Crippen LogP contribution in [0, 0.1) is 5.92 Å².